The normalized spacial score (nSPS) is 18.5. The number of rotatable bonds is 7. The van der Waals surface area contributed by atoms with Crippen molar-refractivity contribution < 1.29 is 22.5 Å². The molecule has 1 fully saturated rings. The second-order valence-electron chi connectivity index (χ2n) is 6.28. The van der Waals surface area contributed by atoms with Gasteiger partial charge in [-0.3, -0.25) is 4.79 Å². The number of methoxy groups -OCH3 is 1. The van der Waals surface area contributed by atoms with E-state index in [9.17, 15) is 13.2 Å². The first kappa shape index (κ1) is 19.9. The fourth-order valence-corrected chi connectivity index (χ4v) is 5.74. The first-order valence-electron chi connectivity index (χ1n) is 8.58. The Labute approximate surface area is 161 Å². The highest BCUT2D eigenvalue weighted by molar-refractivity contribution is 7.91. The van der Waals surface area contributed by atoms with Gasteiger partial charge in [0.05, 0.1) is 12.5 Å². The highest BCUT2D eigenvalue weighted by atomic mass is 32.2. The quantitative estimate of drug-likeness (QED) is 0.679. The molecule has 0 radical (unpaired) electrons. The van der Waals surface area contributed by atoms with Crippen LogP contribution in [0.25, 0.3) is 11.4 Å². The number of aryl methyl sites for hydroxylation is 1. The smallest absolute Gasteiger partial charge is 0.252 e. The van der Waals surface area contributed by atoms with E-state index in [1.54, 1.807) is 25.5 Å². The number of hydrogen-bond donors (Lipinski definition) is 1. The Morgan fingerprint density at radius 1 is 1.52 bits per heavy atom. The number of carbonyl (C=O) groups is 1. The van der Waals surface area contributed by atoms with Crippen molar-refractivity contribution in [3.8, 4) is 11.4 Å². The largest absolute Gasteiger partial charge is 0.383 e. The Kier molecular flexibility index (Phi) is 6.25. The zero-order chi connectivity index (χ0) is 19.4. The Morgan fingerprint density at radius 2 is 2.33 bits per heavy atom. The predicted molar refractivity (Wildman–Crippen MR) is 98.7 cm³/mol. The summed E-state index contributed by atoms with van der Waals surface area (Å²) in [7, 11) is -2.11. The van der Waals surface area contributed by atoms with Gasteiger partial charge in [-0.05, 0) is 18.9 Å². The van der Waals surface area contributed by atoms with Crippen LogP contribution in [0.2, 0.25) is 0 Å². The van der Waals surface area contributed by atoms with Crippen LogP contribution >= 0.6 is 11.3 Å². The summed E-state index contributed by atoms with van der Waals surface area (Å²) in [5, 5.41) is 8.29. The molecule has 1 saturated heterocycles. The molecule has 3 heterocycles. The lowest BCUT2D eigenvalue weighted by molar-refractivity contribution is -0.126. The summed E-state index contributed by atoms with van der Waals surface area (Å²) in [5.74, 6) is 0.281. The molecule has 0 aromatic carbocycles. The van der Waals surface area contributed by atoms with E-state index in [-0.39, 0.29) is 22.6 Å². The van der Waals surface area contributed by atoms with Gasteiger partial charge in [-0.2, -0.15) is 9.29 Å². The molecule has 2 aromatic rings. The van der Waals surface area contributed by atoms with E-state index < -0.39 is 10.0 Å². The predicted octanol–water partition coefficient (Wildman–Crippen LogP) is 1.27. The Bertz CT molecular complexity index is 892. The summed E-state index contributed by atoms with van der Waals surface area (Å²) in [4.78, 5) is 16.4. The van der Waals surface area contributed by atoms with E-state index in [1.165, 1.54) is 4.31 Å². The fraction of sp³-hybridized carbons (Fsp3) is 0.562. The van der Waals surface area contributed by atoms with Gasteiger partial charge < -0.3 is 14.6 Å². The monoisotopic (exact) mass is 414 g/mol. The van der Waals surface area contributed by atoms with Crippen molar-refractivity contribution in [1.29, 1.82) is 0 Å². The zero-order valence-electron chi connectivity index (χ0n) is 15.2. The standard InChI is InChI=1S/C16H22N4O5S2/c1-11-18-15(19-25-11)13-8-14(26-10-13)27(22,23)20-6-3-4-12(9-20)16(21)17-5-7-24-2/h8,10,12H,3-7,9H2,1-2H3,(H,17,21). The number of hydrogen-bond acceptors (Lipinski definition) is 8. The molecule has 0 bridgehead atoms. The van der Waals surface area contributed by atoms with Gasteiger partial charge in [-0.25, -0.2) is 8.42 Å². The van der Waals surface area contributed by atoms with Crippen LogP contribution in [0.15, 0.2) is 20.2 Å². The molecule has 1 atom stereocenters. The van der Waals surface area contributed by atoms with Crippen molar-refractivity contribution in [2.45, 2.75) is 24.0 Å². The maximum absolute atomic E-state index is 13.0. The fourth-order valence-electron chi connectivity index (χ4n) is 2.91. The summed E-state index contributed by atoms with van der Waals surface area (Å²) in [6.45, 7) is 3.09. The van der Waals surface area contributed by atoms with Gasteiger partial charge in [0, 0.05) is 44.6 Å². The first-order chi connectivity index (χ1) is 12.9. The maximum atomic E-state index is 13.0. The average Bonchev–Trinajstić information content (AvgIpc) is 3.31. The molecule has 148 valence electrons. The summed E-state index contributed by atoms with van der Waals surface area (Å²) in [5.41, 5.74) is 0.598. The lowest BCUT2D eigenvalue weighted by Gasteiger charge is -2.30. The van der Waals surface area contributed by atoms with Crippen LogP contribution in [0.4, 0.5) is 0 Å². The van der Waals surface area contributed by atoms with Gasteiger partial charge in [0.15, 0.2) is 0 Å². The summed E-state index contributed by atoms with van der Waals surface area (Å²) < 4.78 is 37.4. The van der Waals surface area contributed by atoms with Crippen molar-refractivity contribution in [1.82, 2.24) is 19.8 Å². The van der Waals surface area contributed by atoms with Crippen molar-refractivity contribution in [3.63, 3.8) is 0 Å². The Hall–Kier alpha value is -1.82. The third-order valence-electron chi connectivity index (χ3n) is 4.32. The first-order valence-corrected chi connectivity index (χ1v) is 10.9. The molecular formula is C16H22N4O5S2. The van der Waals surface area contributed by atoms with Crippen LogP contribution in [0, 0.1) is 12.8 Å². The highest BCUT2D eigenvalue weighted by Crippen LogP contribution is 2.31. The number of amides is 1. The number of carbonyl (C=O) groups excluding carboxylic acids is 1. The molecule has 3 rings (SSSR count). The molecule has 1 aliphatic rings. The number of sulfonamides is 1. The second kappa shape index (κ2) is 8.46. The van der Waals surface area contributed by atoms with Gasteiger partial charge in [0.25, 0.3) is 10.0 Å². The minimum absolute atomic E-state index is 0.138. The van der Waals surface area contributed by atoms with Crippen LogP contribution in [0.1, 0.15) is 18.7 Å². The van der Waals surface area contributed by atoms with Crippen LogP contribution in [-0.4, -0.2) is 62.1 Å². The van der Waals surface area contributed by atoms with E-state index in [2.05, 4.69) is 15.5 Å². The lowest BCUT2D eigenvalue weighted by Crippen LogP contribution is -2.45. The van der Waals surface area contributed by atoms with Gasteiger partial charge in [-0.15, -0.1) is 11.3 Å². The van der Waals surface area contributed by atoms with Crippen LogP contribution in [0.5, 0.6) is 0 Å². The van der Waals surface area contributed by atoms with Crippen molar-refractivity contribution in [2.75, 3.05) is 33.4 Å². The molecule has 1 N–H and O–H groups in total. The second-order valence-corrected chi connectivity index (χ2v) is 9.35. The number of ether oxygens (including phenoxy) is 1. The van der Waals surface area contributed by atoms with E-state index in [0.717, 1.165) is 11.3 Å². The molecule has 0 aliphatic carbocycles. The molecule has 0 saturated carbocycles. The zero-order valence-corrected chi connectivity index (χ0v) is 16.8. The molecule has 0 spiro atoms. The van der Waals surface area contributed by atoms with E-state index >= 15 is 0 Å². The van der Waals surface area contributed by atoms with Crippen LogP contribution < -0.4 is 5.32 Å². The molecule has 1 amide bonds. The number of thiophene rings is 1. The minimum atomic E-state index is -3.67. The molecular weight excluding hydrogens is 392 g/mol. The van der Waals surface area contributed by atoms with E-state index in [0.29, 0.717) is 49.8 Å². The molecule has 2 aromatic heterocycles. The van der Waals surface area contributed by atoms with Crippen LogP contribution in [-0.2, 0) is 19.6 Å². The number of aromatic nitrogens is 2. The average molecular weight is 415 g/mol. The highest BCUT2D eigenvalue weighted by Gasteiger charge is 2.34. The van der Waals surface area contributed by atoms with Gasteiger partial charge in [0.1, 0.15) is 4.21 Å². The lowest BCUT2D eigenvalue weighted by atomic mass is 9.99. The molecule has 1 aliphatic heterocycles. The third-order valence-corrected chi connectivity index (χ3v) is 7.60. The van der Waals surface area contributed by atoms with E-state index in [1.807, 2.05) is 0 Å². The van der Waals surface area contributed by atoms with Gasteiger partial charge >= 0.3 is 0 Å². The molecule has 11 heteroatoms. The Balaban J connectivity index is 1.71. The SMILES string of the molecule is COCCNC(=O)C1CCCN(S(=O)(=O)c2cc(-c3noc(C)n3)cs2)C1. The third kappa shape index (κ3) is 4.54. The van der Waals surface area contributed by atoms with Gasteiger partial charge in [-0.1, -0.05) is 5.16 Å². The molecule has 1 unspecified atom stereocenters. The van der Waals surface area contributed by atoms with Crippen LogP contribution in [0.3, 0.4) is 0 Å². The maximum Gasteiger partial charge on any atom is 0.252 e. The van der Waals surface area contributed by atoms with Gasteiger partial charge in [0.2, 0.25) is 17.6 Å². The minimum Gasteiger partial charge on any atom is -0.383 e. The molecule has 9 nitrogen and oxygen atoms in total. The number of nitrogens with zero attached hydrogens (tertiary/aromatic N) is 3. The van der Waals surface area contributed by atoms with E-state index in [4.69, 9.17) is 9.26 Å². The summed E-state index contributed by atoms with van der Waals surface area (Å²) >= 11 is 1.11. The molecule has 27 heavy (non-hydrogen) atoms. The number of piperidine rings is 1. The summed E-state index contributed by atoms with van der Waals surface area (Å²) in [6.07, 6.45) is 1.31. The summed E-state index contributed by atoms with van der Waals surface area (Å²) in [6, 6.07) is 1.55. The van der Waals surface area contributed by atoms with Crippen molar-refractivity contribution >= 4 is 27.3 Å². The number of nitrogens with one attached hydrogen (secondary N) is 1. The Morgan fingerprint density at radius 3 is 3.04 bits per heavy atom. The van der Waals surface area contributed by atoms with Crippen molar-refractivity contribution in [2.24, 2.45) is 5.92 Å². The van der Waals surface area contributed by atoms with Crippen molar-refractivity contribution in [3.05, 3.63) is 17.3 Å². The topological polar surface area (TPSA) is 115 Å².